The van der Waals surface area contributed by atoms with Crippen molar-refractivity contribution in [1.82, 2.24) is 19.9 Å². The maximum atomic E-state index is 9.62. The fraction of sp³-hybridized carbons (Fsp3) is 0.714. The minimum atomic E-state index is -0.514. The number of rotatable bonds is 3. The highest BCUT2D eigenvalue weighted by Crippen LogP contribution is 2.09. The maximum absolute atomic E-state index is 9.62. The molecule has 1 aromatic rings. The van der Waals surface area contributed by atoms with Gasteiger partial charge in [-0.2, -0.15) is 0 Å². The Labute approximate surface area is 71.6 Å². The third-order valence-corrected chi connectivity index (χ3v) is 1.63. The quantitative estimate of drug-likeness (QED) is 0.658. The summed E-state index contributed by atoms with van der Waals surface area (Å²) in [4.78, 5) is 1.91. The standard InChI is InChI=1S/C7H14N4O/c1-10(2)5-7(12)6-4-8-9-11(6)3/h4,7,12H,5H2,1-3H3. The molecular weight excluding hydrogens is 156 g/mol. The van der Waals surface area contributed by atoms with Crippen LogP contribution in [0, 0.1) is 0 Å². The molecule has 0 saturated heterocycles. The third-order valence-electron chi connectivity index (χ3n) is 1.63. The van der Waals surface area contributed by atoms with Gasteiger partial charge in [0.25, 0.3) is 0 Å². The molecule has 0 aliphatic carbocycles. The lowest BCUT2D eigenvalue weighted by Gasteiger charge is -2.14. The van der Waals surface area contributed by atoms with Crippen LogP contribution in [-0.2, 0) is 7.05 Å². The zero-order valence-electron chi connectivity index (χ0n) is 7.60. The summed E-state index contributed by atoms with van der Waals surface area (Å²) in [5, 5.41) is 17.0. The van der Waals surface area contributed by atoms with Gasteiger partial charge in [0.15, 0.2) is 0 Å². The zero-order valence-corrected chi connectivity index (χ0v) is 7.60. The van der Waals surface area contributed by atoms with E-state index in [-0.39, 0.29) is 0 Å². The summed E-state index contributed by atoms with van der Waals surface area (Å²) < 4.78 is 1.58. The highest BCUT2D eigenvalue weighted by Gasteiger charge is 2.12. The lowest BCUT2D eigenvalue weighted by Crippen LogP contribution is -2.21. The van der Waals surface area contributed by atoms with Crippen molar-refractivity contribution in [2.24, 2.45) is 7.05 Å². The van der Waals surface area contributed by atoms with Gasteiger partial charge in [0, 0.05) is 13.6 Å². The number of aliphatic hydroxyl groups excluding tert-OH is 1. The van der Waals surface area contributed by atoms with Gasteiger partial charge in [-0.3, -0.25) is 0 Å². The van der Waals surface area contributed by atoms with Gasteiger partial charge >= 0.3 is 0 Å². The minimum Gasteiger partial charge on any atom is -0.385 e. The molecule has 0 aromatic carbocycles. The Morgan fingerprint density at radius 3 is 2.75 bits per heavy atom. The van der Waals surface area contributed by atoms with Gasteiger partial charge in [-0.05, 0) is 14.1 Å². The average molecular weight is 170 g/mol. The van der Waals surface area contributed by atoms with Gasteiger partial charge in [-0.25, -0.2) is 4.68 Å². The molecule has 0 aliphatic rings. The number of aromatic nitrogens is 3. The first-order valence-electron chi connectivity index (χ1n) is 3.78. The Morgan fingerprint density at radius 2 is 2.33 bits per heavy atom. The molecule has 0 fully saturated rings. The van der Waals surface area contributed by atoms with Crippen molar-refractivity contribution in [3.63, 3.8) is 0 Å². The van der Waals surface area contributed by atoms with Crippen molar-refractivity contribution in [2.75, 3.05) is 20.6 Å². The Hall–Kier alpha value is -0.940. The van der Waals surface area contributed by atoms with Crippen LogP contribution in [0.5, 0.6) is 0 Å². The molecule has 1 aromatic heterocycles. The van der Waals surface area contributed by atoms with Crippen molar-refractivity contribution < 1.29 is 5.11 Å². The lowest BCUT2D eigenvalue weighted by atomic mass is 10.2. The summed E-state index contributed by atoms with van der Waals surface area (Å²) in [5.74, 6) is 0. The second-order valence-electron chi connectivity index (χ2n) is 3.06. The average Bonchev–Trinajstić information content (AvgIpc) is 2.33. The fourth-order valence-electron chi connectivity index (χ4n) is 1.04. The predicted octanol–water partition coefficient (Wildman–Crippen LogP) is -0.590. The molecule has 12 heavy (non-hydrogen) atoms. The molecule has 5 nitrogen and oxygen atoms in total. The minimum absolute atomic E-state index is 0.514. The largest absolute Gasteiger partial charge is 0.385 e. The van der Waals surface area contributed by atoms with E-state index in [1.54, 1.807) is 17.9 Å². The van der Waals surface area contributed by atoms with Crippen LogP contribution >= 0.6 is 0 Å². The van der Waals surface area contributed by atoms with Crippen molar-refractivity contribution >= 4 is 0 Å². The number of aryl methyl sites for hydroxylation is 1. The molecule has 0 spiro atoms. The van der Waals surface area contributed by atoms with Crippen LogP contribution in [0.3, 0.4) is 0 Å². The number of likely N-dealkylation sites (N-methyl/N-ethyl adjacent to an activating group) is 1. The van der Waals surface area contributed by atoms with Gasteiger partial charge in [-0.1, -0.05) is 5.21 Å². The second-order valence-corrected chi connectivity index (χ2v) is 3.06. The van der Waals surface area contributed by atoms with Crippen LogP contribution in [0.4, 0.5) is 0 Å². The summed E-state index contributed by atoms with van der Waals surface area (Å²) in [5.41, 5.74) is 0.740. The summed E-state index contributed by atoms with van der Waals surface area (Å²) in [7, 11) is 5.58. The highest BCUT2D eigenvalue weighted by atomic mass is 16.3. The molecule has 0 radical (unpaired) electrons. The SMILES string of the molecule is CN(C)CC(O)c1cnnn1C. The monoisotopic (exact) mass is 170 g/mol. The van der Waals surface area contributed by atoms with Crippen LogP contribution in [-0.4, -0.2) is 45.6 Å². The van der Waals surface area contributed by atoms with E-state index in [4.69, 9.17) is 0 Å². The normalized spacial score (nSPS) is 13.8. The Bertz CT molecular complexity index is 245. The number of nitrogens with zero attached hydrogens (tertiary/aromatic N) is 4. The highest BCUT2D eigenvalue weighted by molar-refractivity contribution is 4.98. The van der Waals surface area contributed by atoms with Crippen LogP contribution in [0.15, 0.2) is 6.20 Å². The molecule has 1 N–H and O–H groups in total. The van der Waals surface area contributed by atoms with Gasteiger partial charge in [0.2, 0.25) is 0 Å². The van der Waals surface area contributed by atoms with E-state index in [1.165, 1.54) is 0 Å². The van der Waals surface area contributed by atoms with Crippen LogP contribution < -0.4 is 0 Å². The van der Waals surface area contributed by atoms with Crippen molar-refractivity contribution in [3.8, 4) is 0 Å². The van der Waals surface area contributed by atoms with E-state index >= 15 is 0 Å². The van der Waals surface area contributed by atoms with E-state index in [9.17, 15) is 5.11 Å². The van der Waals surface area contributed by atoms with Crippen molar-refractivity contribution in [1.29, 1.82) is 0 Å². The van der Waals surface area contributed by atoms with E-state index < -0.39 is 6.10 Å². The molecular formula is C7H14N4O. The van der Waals surface area contributed by atoms with Gasteiger partial charge in [0.1, 0.15) is 6.10 Å². The molecule has 1 atom stereocenters. The lowest BCUT2D eigenvalue weighted by molar-refractivity contribution is 0.130. The summed E-state index contributed by atoms with van der Waals surface area (Å²) in [6, 6.07) is 0. The van der Waals surface area contributed by atoms with Crippen molar-refractivity contribution in [2.45, 2.75) is 6.10 Å². The zero-order chi connectivity index (χ0) is 9.14. The van der Waals surface area contributed by atoms with E-state index in [0.29, 0.717) is 6.54 Å². The van der Waals surface area contributed by atoms with Crippen LogP contribution in [0.2, 0.25) is 0 Å². The molecule has 1 unspecified atom stereocenters. The molecule has 1 heterocycles. The van der Waals surface area contributed by atoms with Gasteiger partial charge in [0.05, 0.1) is 11.9 Å². The number of hydrogen-bond donors (Lipinski definition) is 1. The summed E-state index contributed by atoms with van der Waals surface area (Å²) in [6.45, 7) is 0.585. The first-order chi connectivity index (χ1) is 5.61. The van der Waals surface area contributed by atoms with Gasteiger partial charge < -0.3 is 10.0 Å². The van der Waals surface area contributed by atoms with Crippen LogP contribution in [0.25, 0.3) is 0 Å². The topological polar surface area (TPSA) is 54.2 Å². The fourth-order valence-corrected chi connectivity index (χ4v) is 1.04. The summed E-state index contributed by atoms with van der Waals surface area (Å²) >= 11 is 0. The Balaban J connectivity index is 2.65. The molecule has 1 rings (SSSR count). The summed E-state index contributed by atoms with van der Waals surface area (Å²) in [6.07, 6.45) is 1.06. The van der Waals surface area contributed by atoms with E-state index in [2.05, 4.69) is 10.3 Å². The second kappa shape index (κ2) is 3.64. The predicted molar refractivity (Wildman–Crippen MR) is 44.5 cm³/mol. The van der Waals surface area contributed by atoms with Crippen LogP contribution in [0.1, 0.15) is 11.8 Å². The molecule has 0 saturated carbocycles. The van der Waals surface area contributed by atoms with E-state index in [1.807, 2.05) is 19.0 Å². The first kappa shape index (κ1) is 9.15. The Kier molecular flexibility index (Phi) is 2.78. The Morgan fingerprint density at radius 1 is 1.67 bits per heavy atom. The molecule has 68 valence electrons. The third kappa shape index (κ3) is 2.02. The first-order valence-corrected chi connectivity index (χ1v) is 3.78. The number of hydrogen-bond acceptors (Lipinski definition) is 4. The smallest absolute Gasteiger partial charge is 0.110 e. The van der Waals surface area contributed by atoms with E-state index in [0.717, 1.165) is 5.69 Å². The molecule has 5 heteroatoms. The maximum Gasteiger partial charge on any atom is 0.110 e. The molecule has 0 bridgehead atoms. The molecule has 0 aliphatic heterocycles. The van der Waals surface area contributed by atoms with Crippen molar-refractivity contribution in [3.05, 3.63) is 11.9 Å². The number of aliphatic hydroxyl groups is 1. The molecule has 0 amide bonds. The van der Waals surface area contributed by atoms with Gasteiger partial charge in [-0.15, -0.1) is 5.10 Å².